The van der Waals surface area contributed by atoms with E-state index >= 15 is 0 Å². The second-order valence-corrected chi connectivity index (χ2v) is 5.40. The second kappa shape index (κ2) is 5.65. The van der Waals surface area contributed by atoms with E-state index in [4.69, 9.17) is 5.11 Å². The highest BCUT2D eigenvalue weighted by Crippen LogP contribution is 2.25. The predicted octanol–water partition coefficient (Wildman–Crippen LogP) is 1.83. The van der Waals surface area contributed by atoms with Crippen LogP contribution in [-0.4, -0.2) is 52.1 Å². The van der Waals surface area contributed by atoms with Crippen LogP contribution in [0.1, 0.15) is 23.2 Å². The molecule has 0 saturated heterocycles. The summed E-state index contributed by atoms with van der Waals surface area (Å²) in [6.45, 7) is 1.77. The summed E-state index contributed by atoms with van der Waals surface area (Å²) in [7, 11) is 2.14. The molecule has 0 bridgehead atoms. The Bertz CT molecular complexity index is 670. The van der Waals surface area contributed by atoms with Gasteiger partial charge in [0.15, 0.2) is 0 Å². The maximum Gasteiger partial charge on any atom is 0.335 e. The molecular formula is C15H18N4O2. The molecule has 0 radical (unpaired) electrons. The zero-order chi connectivity index (χ0) is 14.8. The van der Waals surface area contributed by atoms with Crippen LogP contribution in [0.15, 0.2) is 24.5 Å². The summed E-state index contributed by atoms with van der Waals surface area (Å²) in [4.78, 5) is 21.7. The summed E-state index contributed by atoms with van der Waals surface area (Å²) >= 11 is 0. The first-order valence-electron chi connectivity index (χ1n) is 7.07. The third-order valence-electron chi connectivity index (χ3n) is 3.81. The van der Waals surface area contributed by atoms with Gasteiger partial charge in [-0.3, -0.25) is 0 Å². The fourth-order valence-corrected chi connectivity index (χ4v) is 2.38. The van der Waals surface area contributed by atoms with Crippen molar-refractivity contribution in [2.24, 2.45) is 0 Å². The third-order valence-corrected chi connectivity index (χ3v) is 3.81. The minimum Gasteiger partial charge on any atom is -0.478 e. The van der Waals surface area contributed by atoms with E-state index in [9.17, 15) is 4.79 Å². The van der Waals surface area contributed by atoms with Gasteiger partial charge in [0, 0.05) is 24.5 Å². The Hall–Kier alpha value is -2.21. The smallest absolute Gasteiger partial charge is 0.335 e. The molecule has 1 saturated carbocycles. The highest BCUT2D eigenvalue weighted by molar-refractivity contribution is 5.96. The Labute approximate surface area is 122 Å². The molecule has 0 unspecified atom stereocenters. The van der Waals surface area contributed by atoms with Crippen molar-refractivity contribution in [3.63, 3.8) is 0 Å². The van der Waals surface area contributed by atoms with Crippen molar-refractivity contribution in [3.8, 4) is 0 Å². The molecule has 6 nitrogen and oxygen atoms in total. The van der Waals surface area contributed by atoms with Crippen molar-refractivity contribution in [3.05, 3.63) is 30.1 Å². The van der Waals surface area contributed by atoms with Crippen LogP contribution in [-0.2, 0) is 0 Å². The van der Waals surface area contributed by atoms with Crippen LogP contribution in [0.2, 0.25) is 0 Å². The van der Waals surface area contributed by atoms with Crippen LogP contribution in [0.4, 0.5) is 5.82 Å². The molecule has 0 aliphatic heterocycles. The van der Waals surface area contributed by atoms with Crippen molar-refractivity contribution >= 4 is 22.7 Å². The number of carboxylic acid groups (broad SMARTS) is 1. The fourth-order valence-electron chi connectivity index (χ4n) is 2.38. The van der Waals surface area contributed by atoms with Gasteiger partial charge in [-0.25, -0.2) is 14.8 Å². The van der Waals surface area contributed by atoms with Gasteiger partial charge in [0.2, 0.25) is 0 Å². The second-order valence-electron chi connectivity index (χ2n) is 5.40. The lowest BCUT2D eigenvalue weighted by atomic mass is 10.1. The number of nitrogens with zero attached hydrogens (tertiary/aromatic N) is 3. The van der Waals surface area contributed by atoms with Crippen LogP contribution in [0.25, 0.3) is 10.9 Å². The van der Waals surface area contributed by atoms with Crippen molar-refractivity contribution in [2.75, 3.05) is 25.5 Å². The monoisotopic (exact) mass is 286 g/mol. The van der Waals surface area contributed by atoms with Gasteiger partial charge in [0.05, 0.1) is 11.1 Å². The topological polar surface area (TPSA) is 78.3 Å². The molecule has 110 valence electrons. The van der Waals surface area contributed by atoms with E-state index in [1.807, 2.05) is 0 Å². The van der Waals surface area contributed by atoms with Gasteiger partial charge in [-0.2, -0.15) is 0 Å². The number of carboxylic acids is 1. The molecule has 1 heterocycles. The van der Waals surface area contributed by atoms with E-state index in [0.717, 1.165) is 30.3 Å². The molecule has 1 aromatic heterocycles. The van der Waals surface area contributed by atoms with Gasteiger partial charge < -0.3 is 15.3 Å². The zero-order valence-electron chi connectivity index (χ0n) is 11.9. The Morgan fingerprint density at radius 1 is 1.43 bits per heavy atom. The molecule has 2 N–H and O–H groups in total. The van der Waals surface area contributed by atoms with Crippen LogP contribution >= 0.6 is 0 Å². The largest absolute Gasteiger partial charge is 0.478 e. The van der Waals surface area contributed by atoms with Crippen LogP contribution in [0.5, 0.6) is 0 Å². The molecule has 0 spiro atoms. The number of hydrogen-bond acceptors (Lipinski definition) is 5. The van der Waals surface area contributed by atoms with Crippen LogP contribution in [0, 0.1) is 0 Å². The Morgan fingerprint density at radius 2 is 2.24 bits per heavy atom. The van der Waals surface area contributed by atoms with Gasteiger partial charge in [-0.15, -0.1) is 0 Å². The highest BCUT2D eigenvalue weighted by Gasteiger charge is 2.25. The summed E-state index contributed by atoms with van der Waals surface area (Å²) in [6.07, 6.45) is 4.05. The Balaban J connectivity index is 1.73. The van der Waals surface area contributed by atoms with E-state index in [-0.39, 0.29) is 5.56 Å². The standard InChI is InChI=1S/C15H18N4O2/c1-19(11-3-4-11)7-6-16-14-12-5-2-10(15(20)21)8-13(12)17-9-18-14/h2,5,8-9,11H,3-4,6-7H2,1H3,(H,20,21)(H,16,17,18). The summed E-state index contributed by atoms with van der Waals surface area (Å²) in [5.74, 6) is -0.197. The first-order valence-corrected chi connectivity index (χ1v) is 7.07. The van der Waals surface area contributed by atoms with Crippen molar-refractivity contribution in [1.29, 1.82) is 0 Å². The highest BCUT2D eigenvalue weighted by atomic mass is 16.4. The summed E-state index contributed by atoms with van der Waals surface area (Å²) in [5, 5.41) is 13.2. The molecule has 2 aromatic rings. The van der Waals surface area contributed by atoms with Gasteiger partial charge in [-0.1, -0.05) is 0 Å². The number of rotatable bonds is 6. The lowest BCUT2D eigenvalue weighted by Gasteiger charge is -2.16. The average Bonchev–Trinajstić information content (AvgIpc) is 3.31. The fraction of sp³-hybridized carbons (Fsp3) is 0.400. The first-order chi connectivity index (χ1) is 10.1. The molecule has 21 heavy (non-hydrogen) atoms. The van der Waals surface area contributed by atoms with Crippen molar-refractivity contribution < 1.29 is 9.90 Å². The lowest BCUT2D eigenvalue weighted by Crippen LogP contribution is -2.27. The number of aromatic nitrogens is 2. The van der Waals surface area contributed by atoms with Gasteiger partial charge in [0.1, 0.15) is 12.1 Å². The number of likely N-dealkylation sites (N-methyl/N-ethyl adjacent to an activating group) is 1. The molecule has 6 heteroatoms. The number of benzene rings is 1. The van der Waals surface area contributed by atoms with E-state index < -0.39 is 5.97 Å². The van der Waals surface area contributed by atoms with E-state index in [0.29, 0.717) is 5.52 Å². The maximum absolute atomic E-state index is 11.0. The van der Waals surface area contributed by atoms with Gasteiger partial charge in [-0.05, 0) is 38.1 Å². The number of carbonyl (C=O) groups is 1. The zero-order valence-corrected chi connectivity index (χ0v) is 11.9. The SMILES string of the molecule is CN(CCNc1ncnc2cc(C(=O)O)ccc12)C1CC1. The number of anilines is 1. The first kappa shape index (κ1) is 13.8. The lowest BCUT2D eigenvalue weighted by molar-refractivity contribution is 0.0697. The molecule has 1 fully saturated rings. The van der Waals surface area contributed by atoms with Crippen molar-refractivity contribution in [2.45, 2.75) is 18.9 Å². The molecule has 0 atom stereocenters. The molecule has 1 aliphatic rings. The van der Waals surface area contributed by atoms with E-state index in [1.54, 1.807) is 18.2 Å². The summed E-state index contributed by atoms with van der Waals surface area (Å²) in [6, 6.07) is 5.65. The van der Waals surface area contributed by atoms with Crippen molar-refractivity contribution in [1.82, 2.24) is 14.9 Å². The minimum absolute atomic E-state index is 0.237. The summed E-state index contributed by atoms with van der Waals surface area (Å²) < 4.78 is 0. The predicted molar refractivity (Wildman–Crippen MR) is 80.6 cm³/mol. The van der Waals surface area contributed by atoms with Gasteiger partial charge in [0.25, 0.3) is 0 Å². The molecule has 0 amide bonds. The molecule has 3 rings (SSSR count). The Morgan fingerprint density at radius 3 is 2.95 bits per heavy atom. The minimum atomic E-state index is -0.948. The number of hydrogen-bond donors (Lipinski definition) is 2. The molecule has 1 aromatic carbocycles. The molecule has 1 aliphatic carbocycles. The van der Waals surface area contributed by atoms with Gasteiger partial charge >= 0.3 is 5.97 Å². The summed E-state index contributed by atoms with van der Waals surface area (Å²) in [5.41, 5.74) is 0.878. The average molecular weight is 286 g/mol. The quantitative estimate of drug-likeness (QED) is 0.843. The molecular weight excluding hydrogens is 268 g/mol. The normalized spacial score (nSPS) is 14.6. The Kier molecular flexibility index (Phi) is 3.70. The van der Waals surface area contributed by atoms with E-state index in [1.165, 1.54) is 19.2 Å². The number of nitrogens with one attached hydrogen (secondary N) is 1. The number of aromatic carboxylic acids is 1. The number of fused-ring (bicyclic) bond motifs is 1. The van der Waals surface area contributed by atoms with Crippen LogP contribution in [0.3, 0.4) is 0 Å². The maximum atomic E-state index is 11.0. The van der Waals surface area contributed by atoms with E-state index in [2.05, 4.69) is 27.2 Å². The van der Waals surface area contributed by atoms with Crippen LogP contribution < -0.4 is 5.32 Å². The third kappa shape index (κ3) is 3.11.